The lowest BCUT2D eigenvalue weighted by atomic mass is 9.86. The Balaban J connectivity index is 1.96. The average Bonchev–Trinajstić information content (AvgIpc) is 2.88. The van der Waals surface area contributed by atoms with E-state index in [2.05, 4.69) is 20.8 Å². The molecule has 0 bridgehead atoms. The lowest BCUT2D eigenvalue weighted by Crippen LogP contribution is -2.42. The summed E-state index contributed by atoms with van der Waals surface area (Å²) in [6.45, 7) is 8.65. The first kappa shape index (κ1) is 20.3. The Morgan fingerprint density at radius 2 is 1.89 bits per heavy atom. The van der Waals surface area contributed by atoms with Crippen molar-refractivity contribution in [2.45, 2.75) is 58.5 Å². The van der Waals surface area contributed by atoms with E-state index in [0.29, 0.717) is 29.3 Å². The second-order valence-electron chi connectivity index (χ2n) is 8.02. The van der Waals surface area contributed by atoms with E-state index in [-0.39, 0.29) is 12.2 Å². The molecule has 1 N–H and O–H groups in total. The number of ketones is 1. The van der Waals surface area contributed by atoms with Gasteiger partial charge < -0.3 is 10.0 Å². The maximum Gasteiger partial charge on any atom is 0.264 e. The summed E-state index contributed by atoms with van der Waals surface area (Å²) in [6, 6.07) is 13.1. The van der Waals surface area contributed by atoms with Gasteiger partial charge in [0.2, 0.25) is 0 Å². The highest BCUT2D eigenvalue weighted by atomic mass is 16.3. The van der Waals surface area contributed by atoms with Gasteiger partial charge >= 0.3 is 0 Å². The van der Waals surface area contributed by atoms with E-state index in [4.69, 9.17) is 0 Å². The van der Waals surface area contributed by atoms with Crippen molar-refractivity contribution in [2.24, 2.45) is 0 Å². The van der Waals surface area contributed by atoms with Crippen LogP contribution >= 0.6 is 0 Å². The summed E-state index contributed by atoms with van der Waals surface area (Å²) in [5.74, 6) is -0.301. The van der Waals surface area contributed by atoms with Gasteiger partial charge in [0.1, 0.15) is 0 Å². The van der Waals surface area contributed by atoms with Gasteiger partial charge in [-0.05, 0) is 42.5 Å². The fourth-order valence-electron chi connectivity index (χ4n) is 3.84. The molecule has 2 aromatic rings. The van der Waals surface area contributed by atoms with E-state index in [1.165, 1.54) is 0 Å². The lowest BCUT2D eigenvalue weighted by molar-refractivity contribution is -0.135. The smallest absolute Gasteiger partial charge is 0.264 e. The van der Waals surface area contributed by atoms with Gasteiger partial charge in [-0.2, -0.15) is 0 Å². The number of hydrogen-bond acceptors (Lipinski definition) is 3. The molecule has 2 aromatic carbocycles. The van der Waals surface area contributed by atoms with Crippen LogP contribution in [0.25, 0.3) is 0 Å². The highest BCUT2D eigenvalue weighted by Gasteiger charge is 2.50. The summed E-state index contributed by atoms with van der Waals surface area (Å²) in [5.41, 5.74) is 1.95. The Hall–Kier alpha value is -2.46. The number of para-hydroxylation sites is 1. The summed E-state index contributed by atoms with van der Waals surface area (Å²) in [6.07, 6.45) is 1.55. The third-order valence-electron chi connectivity index (χ3n) is 5.62. The fraction of sp³-hybridized carbons (Fsp3) is 0.417. The fourth-order valence-corrected chi connectivity index (χ4v) is 3.84. The van der Waals surface area contributed by atoms with Crippen LogP contribution < -0.4 is 4.90 Å². The number of aryl methyl sites for hydroxylation is 1. The van der Waals surface area contributed by atoms with Crippen molar-refractivity contribution < 1.29 is 14.7 Å². The lowest BCUT2D eigenvalue weighted by Gasteiger charge is -2.23. The molecule has 1 aliphatic rings. The molecule has 0 saturated carbocycles. The second kappa shape index (κ2) is 7.88. The zero-order valence-corrected chi connectivity index (χ0v) is 17.2. The van der Waals surface area contributed by atoms with Crippen LogP contribution in [0.3, 0.4) is 0 Å². The summed E-state index contributed by atoms with van der Waals surface area (Å²) < 4.78 is 0. The second-order valence-corrected chi connectivity index (χ2v) is 8.02. The van der Waals surface area contributed by atoms with Crippen LogP contribution in [0.5, 0.6) is 0 Å². The number of rotatable bonds is 7. The van der Waals surface area contributed by atoms with Crippen LogP contribution in [0, 0.1) is 6.92 Å². The zero-order chi connectivity index (χ0) is 20.5. The van der Waals surface area contributed by atoms with Gasteiger partial charge in [0.15, 0.2) is 11.4 Å². The van der Waals surface area contributed by atoms with E-state index in [1.54, 1.807) is 17.0 Å². The molecular formula is C24H29NO3. The van der Waals surface area contributed by atoms with Gasteiger partial charge in [-0.15, -0.1) is 0 Å². The van der Waals surface area contributed by atoms with E-state index < -0.39 is 11.5 Å². The maximum atomic E-state index is 13.1. The number of hydrogen-bond donors (Lipinski definition) is 1. The molecule has 0 saturated heterocycles. The predicted molar refractivity (Wildman–Crippen MR) is 112 cm³/mol. The van der Waals surface area contributed by atoms with Crippen LogP contribution in [0.4, 0.5) is 5.69 Å². The number of benzene rings is 2. The summed E-state index contributed by atoms with van der Waals surface area (Å²) in [7, 11) is 0. The van der Waals surface area contributed by atoms with Crippen molar-refractivity contribution in [3.8, 4) is 0 Å². The molecule has 0 radical (unpaired) electrons. The van der Waals surface area contributed by atoms with Crippen LogP contribution in [-0.4, -0.2) is 23.3 Å². The zero-order valence-electron chi connectivity index (χ0n) is 17.2. The van der Waals surface area contributed by atoms with Gasteiger partial charge in [-0.25, -0.2) is 0 Å². The molecule has 0 unspecified atom stereocenters. The minimum atomic E-state index is -1.80. The van der Waals surface area contributed by atoms with Crippen molar-refractivity contribution in [1.29, 1.82) is 0 Å². The Bertz CT molecular complexity index is 902. The molecule has 1 atom stereocenters. The van der Waals surface area contributed by atoms with Crippen LogP contribution in [-0.2, 0) is 10.4 Å². The van der Waals surface area contributed by atoms with E-state index in [1.807, 2.05) is 37.3 Å². The minimum absolute atomic E-state index is 0.206. The van der Waals surface area contributed by atoms with Crippen LogP contribution in [0.1, 0.15) is 73.0 Å². The Kier molecular flexibility index (Phi) is 5.71. The number of fused-ring (bicyclic) bond motifs is 1. The number of anilines is 1. The molecule has 1 heterocycles. The van der Waals surface area contributed by atoms with Gasteiger partial charge in [0.05, 0.1) is 12.1 Å². The standard InChI is InChI=1S/C24H29NO3/c1-5-6-13-25-21-10-8-7-9-20(21)24(28,23(25)27)15-22(26)19-14-18(16(2)3)12-11-17(19)4/h7-12,14,16,28H,5-6,13,15H2,1-4H3/t24-/m1/s1. The van der Waals surface area contributed by atoms with Crippen LogP contribution in [0.2, 0.25) is 0 Å². The number of carbonyl (C=O) groups excluding carboxylic acids is 2. The van der Waals surface area contributed by atoms with Crippen molar-refractivity contribution in [1.82, 2.24) is 0 Å². The molecule has 0 aromatic heterocycles. The Labute approximate surface area is 167 Å². The van der Waals surface area contributed by atoms with E-state index in [0.717, 1.165) is 24.0 Å². The molecule has 148 valence electrons. The number of unbranched alkanes of at least 4 members (excludes halogenated alkanes) is 1. The summed E-state index contributed by atoms with van der Waals surface area (Å²) >= 11 is 0. The number of Topliss-reactive ketones (excluding diaryl/α,β-unsaturated/α-hetero) is 1. The number of carbonyl (C=O) groups is 2. The van der Waals surface area contributed by atoms with Crippen molar-refractivity contribution in [3.63, 3.8) is 0 Å². The predicted octanol–water partition coefficient (Wildman–Crippen LogP) is 4.73. The highest BCUT2D eigenvalue weighted by Crippen LogP contribution is 2.43. The highest BCUT2D eigenvalue weighted by molar-refractivity contribution is 6.11. The molecule has 1 amide bonds. The molecule has 0 aliphatic carbocycles. The normalized spacial score (nSPS) is 18.6. The van der Waals surface area contributed by atoms with Gasteiger partial charge in [0, 0.05) is 17.7 Å². The molecule has 0 fully saturated rings. The van der Waals surface area contributed by atoms with Gasteiger partial charge in [-0.1, -0.05) is 57.5 Å². The van der Waals surface area contributed by atoms with Crippen molar-refractivity contribution in [2.75, 3.05) is 11.4 Å². The summed E-state index contributed by atoms with van der Waals surface area (Å²) in [4.78, 5) is 27.9. The molecule has 4 heteroatoms. The van der Waals surface area contributed by atoms with E-state index >= 15 is 0 Å². The number of amides is 1. The van der Waals surface area contributed by atoms with Crippen molar-refractivity contribution >= 4 is 17.4 Å². The Morgan fingerprint density at radius 1 is 1.18 bits per heavy atom. The molecule has 0 spiro atoms. The van der Waals surface area contributed by atoms with E-state index in [9.17, 15) is 14.7 Å². The number of nitrogens with zero attached hydrogens (tertiary/aromatic N) is 1. The molecule has 1 aliphatic heterocycles. The average molecular weight is 380 g/mol. The van der Waals surface area contributed by atoms with Crippen molar-refractivity contribution in [3.05, 3.63) is 64.7 Å². The first-order valence-corrected chi connectivity index (χ1v) is 10.1. The first-order chi connectivity index (χ1) is 13.3. The third-order valence-corrected chi connectivity index (χ3v) is 5.62. The monoisotopic (exact) mass is 379 g/mol. The maximum absolute atomic E-state index is 13.1. The minimum Gasteiger partial charge on any atom is -0.375 e. The quantitative estimate of drug-likeness (QED) is 0.708. The molecular weight excluding hydrogens is 350 g/mol. The molecule has 3 rings (SSSR count). The van der Waals surface area contributed by atoms with Gasteiger partial charge in [-0.3, -0.25) is 9.59 Å². The molecule has 28 heavy (non-hydrogen) atoms. The SMILES string of the molecule is CCCCN1C(=O)[C@@](O)(CC(=O)c2cc(C(C)C)ccc2C)c2ccccc21. The Morgan fingerprint density at radius 3 is 2.57 bits per heavy atom. The molecule has 4 nitrogen and oxygen atoms in total. The number of aliphatic hydroxyl groups is 1. The first-order valence-electron chi connectivity index (χ1n) is 10.1. The largest absolute Gasteiger partial charge is 0.375 e. The van der Waals surface area contributed by atoms with Crippen LogP contribution in [0.15, 0.2) is 42.5 Å². The topological polar surface area (TPSA) is 57.6 Å². The summed E-state index contributed by atoms with van der Waals surface area (Å²) in [5, 5.41) is 11.4. The van der Waals surface area contributed by atoms with Gasteiger partial charge in [0.25, 0.3) is 5.91 Å². The third kappa shape index (κ3) is 3.49.